The van der Waals surface area contributed by atoms with Gasteiger partial charge in [0.2, 0.25) is 0 Å². The van der Waals surface area contributed by atoms with E-state index in [1.54, 1.807) is 12.1 Å². The van der Waals surface area contributed by atoms with Gasteiger partial charge in [-0.05, 0) is 36.1 Å². The third kappa shape index (κ3) is 3.10. The van der Waals surface area contributed by atoms with Crippen LogP contribution in [0.1, 0.15) is 34.0 Å². The standard InChI is InChI=1S/C17H16O2/c1-2-7-14-10-6-11-15(17(18)19)16(14)12-13-8-4-3-5-9-13/h2-11H,12H2,1H3,(H,18,19)/b7-2+. The summed E-state index contributed by atoms with van der Waals surface area (Å²) in [6.07, 6.45) is 4.50. The minimum absolute atomic E-state index is 0.374. The second kappa shape index (κ2) is 6.01. The van der Waals surface area contributed by atoms with Crippen LogP contribution in [-0.4, -0.2) is 11.1 Å². The van der Waals surface area contributed by atoms with Gasteiger partial charge in [0.1, 0.15) is 0 Å². The molecule has 0 amide bonds. The summed E-state index contributed by atoms with van der Waals surface area (Å²) in [4.78, 5) is 11.3. The number of allylic oxidation sites excluding steroid dienone is 1. The van der Waals surface area contributed by atoms with Crippen LogP contribution in [0.3, 0.4) is 0 Å². The Balaban J connectivity index is 2.49. The molecule has 0 aliphatic rings. The molecule has 96 valence electrons. The van der Waals surface area contributed by atoms with Crippen LogP contribution in [0.2, 0.25) is 0 Å². The smallest absolute Gasteiger partial charge is 0.335 e. The first kappa shape index (κ1) is 13.1. The largest absolute Gasteiger partial charge is 0.478 e. The van der Waals surface area contributed by atoms with Crippen LogP contribution >= 0.6 is 0 Å². The van der Waals surface area contributed by atoms with Crippen molar-refractivity contribution in [1.29, 1.82) is 0 Å². The fourth-order valence-electron chi connectivity index (χ4n) is 2.14. The highest BCUT2D eigenvalue weighted by molar-refractivity contribution is 5.90. The van der Waals surface area contributed by atoms with Crippen LogP contribution in [0, 0.1) is 0 Å². The predicted molar refractivity (Wildman–Crippen MR) is 77.4 cm³/mol. The van der Waals surface area contributed by atoms with Crippen LogP contribution in [0.15, 0.2) is 54.6 Å². The zero-order valence-corrected chi connectivity index (χ0v) is 10.8. The van der Waals surface area contributed by atoms with Gasteiger partial charge >= 0.3 is 5.97 Å². The molecule has 0 fully saturated rings. The van der Waals surface area contributed by atoms with Crippen molar-refractivity contribution in [3.63, 3.8) is 0 Å². The van der Waals surface area contributed by atoms with E-state index < -0.39 is 5.97 Å². The Labute approximate surface area is 113 Å². The van der Waals surface area contributed by atoms with E-state index >= 15 is 0 Å². The summed E-state index contributed by atoms with van der Waals surface area (Å²) in [5, 5.41) is 9.31. The molecule has 0 saturated carbocycles. The molecule has 0 bridgehead atoms. The maximum absolute atomic E-state index is 11.3. The third-order valence-electron chi connectivity index (χ3n) is 3.01. The molecule has 0 spiro atoms. The van der Waals surface area contributed by atoms with E-state index in [0.29, 0.717) is 12.0 Å². The average Bonchev–Trinajstić information content (AvgIpc) is 2.42. The molecule has 1 N–H and O–H groups in total. The Hall–Kier alpha value is -2.35. The number of aromatic carboxylic acids is 1. The second-order valence-electron chi connectivity index (χ2n) is 4.34. The molecule has 0 saturated heterocycles. The predicted octanol–water partition coefficient (Wildman–Crippen LogP) is 4.01. The van der Waals surface area contributed by atoms with Crippen molar-refractivity contribution in [1.82, 2.24) is 0 Å². The van der Waals surface area contributed by atoms with Gasteiger partial charge in [-0.2, -0.15) is 0 Å². The number of hydrogen-bond acceptors (Lipinski definition) is 1. The Morgan fingerprint density at radius 3 is 2.47 bits per heavy atom. The van der Waals surface area contributed by atoms with Crippen LogP contribution in [0.5, 0.6) is 0 Å². The van der Waals surface area contributed by atoms with Crippen LogP contribution < -0.4 is 0 Å². The summed E-state index contributed by atoms with van der Waals surface area (Å²) in [5.74, 6) is -0.878. The van der Waals surface area contributed by atoms with Crippen molar-refractivity contribution in [3.8, 4) is 0 Å². The van der Waals surface area contributed by atoms with Gasteiger partial charge < -0.3 is 5.11 Å². The molecule has 0 atom stereocenters. The van der Waals surface area contributed by atoms with Gasteiger partial charge in [0.25, 0.3) is 0 Å². The number of benzene rings is 2. The van der Waals surface area contributed by atoms with Crippen molar-refractivity contribution in [3.05, 3.63) is 76.9 Å². The van der Waals surface area contributed by atoms with Gasteiger partial charge in [0.05, 0.1) is 5.56 Å². The Bertz CT molecular complexity index is 598. The average molecular weight is 252 g/mol. The molecule has 2 rings (SSSR count). The summed E-state index contributed by atoms with van der Waals surface area (Å²) in [5.41, 5.74) is 3.31. The van der Waals surface area contributed by atoms with E-state index in [4.69, 9.17) is 0 Å². The van der Waals surface area contributed by atoms with Crippen molar-refractivity contribution < 1.29 is 9.90 Å². The van der Waals surface area contributed by atoms with Crippen LogP contribution in [0.25, 0.3) is 6.08 Å². The van der Waals surface area contributed by atoms with E-state index in [9.17, 15) is 9.90 Å². The lowest BCUT2D eigenvalue weighted by Gasteiger charge is -2.10. The Morgan fingerprint density at radius 1 is 1.11 bits per heavy atom. The maximum Gasteiger partial charge on any atom is 0.335 e. The molecule has 2 aromatic carbocycles. The summed E-state index contributed by atoms with van der Waals surface area (Å²) in [6.45, 7) is 1.93. The molecule has 2 nitrogen and oxygen atoms in total. The van der Waals surface area contributed by atoms with Gasteiger partial charge in [0, 0.05) is 0 Å². The first-order valence-electron chi connectivity index (χ1n) is 6.24. The molecule has 0 radical (unpaired) electrons. The minimum Gasteiger partial charge on any atom is -0.478 e. The fraction of sp³-hybridized carbons (Fsp3) is 0.118. The van der Waals surface area contributed by atoms with E-state index in [2.05, 4.69) is 0 Å². The van der Waals surface area contributed by atoms with E-state index in [1.807, 2.05) is 55.5 Å². The first-order valence-corrected chi connectivity index (χ1v) is 6.24. The lowest BCUT2D eigenvalue weighted by atomic mass is 9.94. The summed E-state index contributed by atoms with van der Waals surface area (Å²) in [6, 6.07) is 15.3. The van der Waals surface area contributed by atoms with Crippen LogP contribution in [-0.2, 0) is 6.42 Å². The minimum atomic E-state index is -0.878. The van der Waals surface area contributed by atoms with E-state index in [0.717, 1.165) is 16.7 Å². The molecule has 0 aromatic heterocycles. The van der Waals surface area contributed by atoms with Gasteiger partial charge in [0.15, 0.2) is 0 Å². The quantitative estimate of drug-likeness (QED) is 0.892. The zero-order valence-electron chi connectivity index (χ0n) is 10.8. The SMILES string of the molecule is C/C=C/c1cccc(C(=O)O)c1Cc1ccccc1. The van der Waals surface area contributed by atoms with E-state index in [1.165, 1.54) is 0 Å². The highest BCUT2D eigenvalue weighted by atomic mass is 16.4. The molecule has 0 aliphatic heterocycles. The van der Waals surface area contributed by atoms with Crippen LogP contribution in [0.4, 0.5) is 0 Å². The maximum atomic E-state index is 11.3. The summed E-state index contributed by atoms with van der Waals surface area (Å²) < 4.78 is 0. The summed E-state index contributed by atoms with van der Waals surface area (Å²) >= 11 is 0. The molecule has 0 unspecified atom stereocenters. The first-order chi connectivity index (χ1) is 9.22. The molecule has 0 heterocycles. The number of hydrogen-bond donors (Lipinski definition) is 1. The molecular weight excluding hydrogens is 236 g/mol. The molecule has 19 heavy (non-hydrogen) atoms. The monoisotopic (exact) mass is 252 g/mol. The molecular formula is C17H16O2. The second-order valence-corrected chi connectivity index (χ2v) is 4.34. The van der Waals surface area contributed by atoms with Crippen molar-refractivity contribution >= 4 is 12.0 Å². The number of carboxylic acid groups (broad SMARTS) is 1. The van der Waals surface area contributed by atoms with E-state index in [-0.39, 0.29) is 0 Å². The zero-order chi connectivity index (χ0) is 13.7. The van der Waals surface area contributed by atoms with Crippen molar-refractivity contribution in [2.45, 2.75) is 13.3 Å². The highest BCUT2D eigenvalue weighted by Crippen LogP contribution is 2.20. The van der Waals surface area contributed by atoms with Gasteiger partial charge in [-0.25, -0.2) is 4.79 Å². The molecule has 2 aromatic rings. The van der Waals surface area contributed by atoms with Gasteiger partial charge in [-0.3, -0.25) is 0 Å². The number of rotatable bonds is 4. The Kier molecular flexibility index (Phi) is 4.14. The van der Waals surface area contributed by atoms with Crippen molar-refractivity contribution in [2.24, 2.45) is 0 Å². The fourth-order valence-corrected chi connectivity index (χ4v) is 2.14. The van der Waals surface area contributed by atoms with Gasteiger partial charge in [-0.15, -0.1) is 0 Å². The third-order valence-corrected chi connectivity index (χ3v) is 3.01. The Morgan fingerprint density at radius 2 is 1.84 bits per heavy atom. The summed E-state index contributed by atoms with van der Waals surface area (Å²) in [7, 11) is 0. The number of carbonyl (C=O) groups is 1. The molecule has 2 heteroatoms. The lowest BCUT2D eigenvalue weighted by Crippen LogP contribution is -2.05. The number of carboxylic acids is 1. The normalized spacial score (nSPS) is 10.8. The highest BCUT2D eigenvalue weighted by Gasteiger charge is 2.12. The van der Waals surface area contributed by atoms with Gasteiger partial charge in [-0.1, -0.05) is 54.6 Å². The lowest BCUT2D eigenvalue weighted by molar-refractivity contribution is 0.0696. The molecule has 0 aliphatic carbocycles. The topological polar surface area (TPSA) is 37.3 Å². The van der Waals surface area contributed by atoms with Crippen molar-refractivity contribution in [2.75, 3.05) is 0 Å².